The molecule has 0 aromatic carbocycles. The second kappa shape index (κ2) is 6.18. The Hall–Kier alpha value is -0.380. The fraction of sp³-hybridized carbons (Fsp3) is 0.733. The van der Waals surface area contributed by atoms with E-state index in [0.29, 0.717) is 5.54 Å². The van der Waals surface area contributed by atoms with Crippen LogP contribution in [0.5, 0.6) is 0 Å². The van der Waals surface area contributed by atoms with Gasteiger partial charge < -0.3 is 5.32 Å². The average molecular weight is 266 g/mol. The molecule has 1 saturated heterocycles. The van der Waals surface area contributed by atoms with E-state index in [-0.39, 0.29) is 0 Å². The van der Waals surface area contributed by atoms with Gasteiger partial charge in [-0.15, -0.1) is 11.3 Å². The molecule has 2 heterocycles. The van der Waals surface area contributed by atoms with Crippen LogP contribution >= 0.6 is 11.3 Å². The number of hydrogen-bond acceptors (Lipinski definition) is 3. The molecule has 0 atom stereocenters. The first-order valence-electron chi connectivity index (χ1n) is 7.15. The van der Waals surface area contributed by atoms with Crippen LogP contribution in [0.1, 0.15) is 49.8 Å². The molecular formula is C15H26N2S. The number of thiophene rings is 1. The van der Waals surface area contributed by atoms with E-state index >= 15 is 0 Å². The minimum absolute atomic E-state index is 0.393. The van der Waals surface area contributed by atoms with Crippen LogP contribution in [0.2, 0.25) is 0 Å². The number of likely N-dealkylation sites (tertiary alicyclic amines) is 1. The highest BCUT2D eigenvalue weighted by atomic mass is 32.1. The number of rotatable bonds is 6. The average Bonchev–Trinajstić information content (AvgIpc) is 2.88. The van der Waals surface area contributed by atoms with Crippen LogP contribution in [0.4, 0.5) is 0 Å². The monoisotopic (exact) mass is 266 g/mol. The molecule has 102 valence electrons. The van der Waals surface area contributed by atoms with Crippen LogP contribution in [-0.4, -0.2) is 23.5 Å². The Labute approximate surface area is 115 Å². The molecule has 0 saturated carbocycles. The first kappa shape index (κ1) is 14.0. The summed E-state index contributed by atoms with van der Waals surface area (Å²) < 4.78 is 0. The van der Waals surface area contributed by atoms with Gasteiger partial charge in [-0.3, -0.25) is 4.90 Å². The highest BCUT2D eigenvalue weighted by Crippen LogP contribution is 2.31. The summed E-state index contributed by atoms with van der Waals surface area (Å²) in [5, 5.41) is 3.47. The zero-order valence-corrected chi connectivity index (χ0v) is 12.8. The SMILES string of the molecule is CCCNCc1ccc(CN2CCCC2(C)C)s1. The maximum Gasteiger partial charge on any atom is 0.0333 e. The third-order valence-electron chi connectivity index (χ3n) is 3.86. The van der Waals surface area contributed by atoms with Gasteiger partial charge in [0.25, 0.3) is 0 Å². The Balaban J connectivity index is 1.86. The first-order valence-corrected chi connectivity index (χ1v) is 7.97. The van der Waals surface area contributed by atoms with Crippen molar-refractivity contribution in [1.29, 1.82) is 0 Å². The van der Waals surface area contributed by atoms with Gasteiger partial charge in [0.1, 0.15) is 0 Å². The summed E-state index contributed by atoms with van der Waals surface area (Å²) >= 11 is 1.97. The van der Waals surface area contributed by atoms with Crippen molar-refractivity contribution >= 4 is 11.3 Å². The summed E-state index contributed by atoms with van der Waals surface area (Å²) in [5.41, 5.74) is 0.393. The Bertz CT molecular complexity index is 370. The minimum Gasteiger partial charge on any atom is -0.312 e. The summed E-state index contributed by atoms with van der Waals surface area (Å²) in [6.07, 6.45) is 3.90. The fourth-order valence-electron chi connectivity index (χ4n) is 2.64. The highest BCUT2D eigenvalue weighted by molar-refractivity contribution is 7.11. The molecule has 0 aliphatic carbocycles. The molecule has 0 bridgehead atoms. The molecule has 1 aliphatic rings. The summed E-state index contributed by atoms with van der Waals surface area (Å²) in [7, 11) is 0. The van der Waals surface area contributed by atoms with Gasteiger partial charge >= 0.3 is 0 Å². The van der Waals surface area contributed by atoms with Gasteiger partial charge in [-0.25, -0.2) is 0 Å². The van der Waals surface area contributed by atoms with Gasteiger partial charge in [-0.05, 0) is 58.3 Å². The van der Waals surface area contributed by atoms with Gasteiger partial charge in [0.05, 0.1) is 0 Å². The van der Waals surface area contributed by atoms with Crippen LogP contribution in [0, 0.1) is 0 Å². The van der Waals surface area contributed by atoms with Crippen molar-refractivity contribution in [3.63, 3.8) is 0 Å². The van der Waals surface area contributed by atoms with Crippen molar-refractivity contribution in [1.82, 2.24) is 10.2 Å². The summed E-state index contributed by atoms with van der Waals surface area (Å²) in [6, 6.07) is 4.59. The van der Waals surface area contributed by atoms with E-state index in [0.717, 1.165) is 19.6 Å². The lowest BCUT2D eigenvalue weighted by Crippen LogP contribution is -2.37. The quantitative estimate of drug-likeness (QED) is 0.791. The van der Waals surface area contributed by atoms with Crippen LogP contribution in [0.15, 0.2) is 12.1 Å². The Morgan fingerprint density at radius 1 is 1.33 bits per heavy atom. The van der Waals surface area contributed by atoms with E-state index in [1.54, 1.807) is 0 Å². The molecule has 1 aromatic rings. The number of hydrogen-bond donors (Lipinski definition) is 1. The normalized spacial score (nSPS) is 19.5. The second-order valence-corrected chi connectivity index (χ2v) is 7.14. The first-order chi connectivity index (χ1) is 8.62. The maximum absolute atomic E-state index is 3.47. The lowest BCUT2D eigenvalue weighted by atomic mass is 10.0. The van der Waals surface area contributed by atoms with Crippen LogP contribution < -0.4 is 5.32 Å². The predicted molar refractivity (Wildman–Crippen MR) is 80.0 cm³/mol. The zero-order chi connectivity index (χ0) is 13.0. The standard InChI is InChI=1S/C15H26N2S/c1-4-9-16-11-13-6-7-14(18-13)12-17-10-5-8-15(17,2)3/h6-7,16H,4-5,8-12H2,1-3H3. The molecule has 2 nitrogen and oxygen atoms in total. The smallest absolute Gasteiger partial charge is 0.0333 e. The Morgan fingerprint density at radius 3 is 2.78 bits per heavy atom. The van der Waals surface area contributed by atoms with Gasteiger partial charge in [-0.1, -0.05) is 6.92 Å². The lowest BCUT2D eigenvalue weighted by molar-refractivity contribution is 0.168. The largest absolute Gasteiger partial charge is 0.312 e. The van der Waals surface area contributed by atoms with E-state index in [9.17, 15) is 0 Å². The summed E-state index contributed by atoms with van der Waals surface area (Å²) in [6.45, 7) is 11.5. The van der Waals surface area contributed by atoms with E-state index < -0.39 is 0 Å². The third-order valence-corrected chi connectivity index (χ3v) is 4.93. The van der Waals surface area contributed by atoms with Gasteiger partial charge in [-0.2, -0.15) is 0 Å². The number of nitrogens with zero attached hydrogens (tertiary/aromatic N) is 1. The molecule has 1 aromatic heterocycles. The summed E-state index contributed by atoms with van der Waals surface area (Å²) in [5.74, 6) is 0. The molecule has 1 N–H and O–H groups in total. The molecule has 18 heavy (non-hydrogen) atoms. The topological polar surface area (TPSA) is 15.3 Å². The van der Waals surface area contributed by atoms with Crippen molar-refractivity contribution in [2.45, 2.75) is 58.7 Å². The Kier molecular flexibility index (Phi) is 4.82. The Morgan fingerprint density at radius 2 is 2.11 bits per heavy atom. The molecule has 1 fully saturated rings. The van der Waals surface area contributed by atoms with Crippen LogP contribution in [0.25, 0.3) is 0 Å². The van der Waals surface area contributed by atoms with E-state index in [1.807, 2.05) is 11.3 Å². The van der Waals surface area contributed by atoms with Crippen LogP contribution in [-0.2, 0) is 13.1 Å². The molecule has 0 radical (unpaired) electrons. The second-order valence-electron chi connectivity index (χ2n) is 5.88. The van der Waals surface area contributed by atoms with Gasteiger partial charge in [0.2, 0.25) is 0 Å². The van der Waals surface area contributed by atoms with E-state index in [2.05, 4.69) is 43.1 Å². The number of nitrogens with one attached hydrogen (secondary N) is 1. The molecule has 0 spiro atoms. The summed E-state index contributed by atoms with van der Waals surface area (Å²) in [4.78, 5) is 5.61. The lowest BCUT2D eigenvalue weighted by Gasteiger charge is -2.31. The third kappa shape index (κ3) is 3.56. The van der Waals surface area contributed by atoms with Crippen LogP contribution in [0.3, 0.4) is 0 Å². The van der Waals surface area contributed by atoms with E-state index in [4.69, 9.17) is 0 Å². The van der Waals surface area contributed by atoms with Gasteiger partial charge in [0.15, 0.2) is 0 Å². The molecule has 0 amide bonds. The minimum atomic E-state index is 0.393. The molecule has 3 heteroatoms. The van der Waals surface area contributed by atoms with Crippen molar-refractivity contribution in [3.8, 4) is 0 Å². The van der Waals surface area contributed by atoms with E-state index in [1.165, 1.54) is 35.6 Å². The van der Waals surface area contributed by atoms with Crippen molar-refractivity contribution in [2.75, 3.05) is 13.1 Å². The molecular weight excluding hydrogens is 240 g/mol. The predicted octanol–water partition coefficient (Wildman–Crippen LogP) is 3.62. The zero-order valence-electron chi connectivity index (χ0n) is 12.0. The van der Waals surface area contributed by atoms with Crippen molar-refractivity contribution in [2.24, 2.45) is 0 Å². The van der Waals surface area contributed by atoms with Crippen molar-refractivity contribution < 1.29 is 0 Å². The van der Waals surface area contributed by atoms with Gasteiger partial charge in [0, 0.05) is 28.4 Å². The highest BCUT2D eigenvalue weighted by Gasteiger charge is 2.31. The molecule has 2 rings (SSSR count). The molecule has 1 aliphatic heterocycles. The molecule has 0 unspecified atom stereocenters. The van der Waals surface area contributed by atoms with Crippen molar-refractivity contribution in [3.05, 3.63) is 21.9 Å². The maximum atomic E-state index is 3.47. The fourth-order valence-corrected chi connectivity index (χ4v) is 3.64.